The maximum absolute atomic E-state index is 12.1. The number of hydrogen-bond donors (Lipinski definition) is 1. The minimum atomic E-state index is -0.392. The van der Waals surface area contributed by atoms with Crippen molar-refractivity contribution in [2.45, 2.75) is 33.4 Å². The van der Waals surface area contributed by atoms with Crippen molar-refractivity contribution in [3.05, 3.63) is 46.0 Å². The fourth-order valence-corrected chi connectivity index (χ4v) is 2.17. The van der Waals surface area contributed by atoms with E-state index in [-0.39, 0.29) is 18.1 Å². The molecule has 6 heteroatoms. The number of carbonyl (C=O) groups excluding carboxylic acids is 1. The Morgan fingerprint density at radius 1 is 1.43 bits per heavy atom. The zero-order valence-corrected chi connectivity index (χ0v) is 12.5. The second kappa shape index (κ2) is 6.05. The van der Waals surface area contributed by atoms with E-state index in [1.54, 1.807) is 6.20 Å². The maximum Gasteiger partial charge on any atom is 0.258 e. The summed E-state index contributed by atoms with van der Waals surface area (Å²) < 4.78 is 1.52. The van der Waals surface area contributed by atoms with Crippen LogP contribution in [0, 0.1) is 6.92 Å². The molecule has 0 aliphatic rings. The first-order chi connectivity index (χ1) is 9.86. The van der Waals surface area contributed by atoms with Gasteiger partial charge in [-0.3, -0.25) is 18.9 Å². The maximum atomic E-state index is 12.1. The molecule has 2 N–H and O–H groups in total. The quantitative estimate of drug-likeness (QED) is 0.878. The van der Waals surface area contributed by atoms with Gasteiger partial charge in [-0.25, -0.2) is 4.98 Å². The lowest BCUT2D eigenvalue weighted by molar-refractivity contribution is -0.119. The highest BCUT2D eigenvalue weighted by Gasteiger charge is 2.14. The van der Waals surface area contributed by atoms with Crippen molar-refractivity contribution in [2.75, 3.05) is 6.54 Å². The summed E-state index contributed by atoms with van der Waals surface area (Å²) >= 11 is 0. The van der Waals surface area contributed by atoms with Crippen molar-refractivity contribution < 1.29 is 4.79 Å². The van der Waals surface area contributed by atoms with Crippen molar-refractivity contribution >= 4 is 11.6 Å². The minimum Gasteiger partial charge on any atom is -0.369 e. The first-order valence-electron chi connectivity index (χ1n) is 6.88. The van der Waals surface area contributed by atoms with Crippen LogP contribution in [-0.4, -0.2) is 32.8 Å². The van der Waals surface area contributed by atoms with E-state index in [9.17, 15) is 9.59 Å². The number of aryl methyl sites for hydroxylation is 1. The Balaban J connectivity index is 2.36. The first kappa shape index (κ1) is 15.2. The molecule has 0 atom stereocenters. The molecule has 0 saturated carbocycles. The highest BCUT2D eigenvalue weighted by atomic mass is 16.1. The Hall–Kier alpha value is -2.21. The van der Waals surface area contributed by atoms with Gasteiger partial charge >= 0.3 is 0 Å². The summed E-state index contributed by atoms with van der Waals surface area (Å²) in [5.41, 5.74) is 7.37. The molecule has 0 radical (unpaired) electrons. The van der Waals surface area contributed by atoms with Crippen LogP contribution in [0.4, 0.5) is 0 Å². The standard InChI is InChI=1S/C15H20N4O2/c1-10(2)18(9-13(16)20)8-12-6-15(21)19-7-11(3)4-5-14(19)17-12/h4-7,10H,8-9H2,1-3H3,(H2,16,20). The fourth-order valence-electron chi connectivity index (χ4n) is 2.17. The Morgan fingerprint density at radius 3 is 2.76 bits per heavy atom. The second-order valence-electron chi connectivity index (χ2n) is 5.49. The van der Waals surface area contributed by atoms with Crippen LogP contribution in [0.5, 0.6) is 0 Å². The van der Waals surface area contributed by atoms with Gasteiger partial charge in [-0.05, 0) is 32.4 Å². The molecular weight excluding hydrogens is 268 g/mol. The van der Waals surface area contributed by atoms with Gasteiger partial charge in [-0.15, -0.1) is 0 Å². The number of nitrogens with two attached hydrogens (primary N) is 1. The number of rotatable bonds is 5. The third-order valence-corrected chi connectivity index (χ3v) is 3.31. The summed E-state index contributed by atoms with van der Waals surface area (Å²) in [7, 11) is 0. The Labute approximate surface area is 123 Å². The fraction of sp³-hybridized carbons (Fsp3) is 0.400. The number of hydrogen-bond acceptors (Lipinski definition) is 4. The van der Waals surface area contributed by atoms with E-state index in [0.717, 1.165) is 5.56 Å². The average molecular weight is 288 g/mol. The number of primary amides is 1. The molecular formula is C15H20N4O2. The molecule has 2 heterocycles. The Morgan fingerprint density at radius 2 is 2.14 bits per heavy atom. The monoisotopic (exact) mass is 288 g/mol. The zero-order chi connectivity index (χ0) is 15.6. The van der Waals surface area contributed by atoms with Gasteiger partial charge in [0.2, 0.25) is 5.91 Å². The van der Waals surface area contributed by atoms with E-state index in [4.69, 9.17) is 5.73 Å². The van der Waals surface area contributed by atoms with Crippen LogP contribution >= 0.6 is 0 Å². The summed E-state index contributed by atoms with van der Waals surface area (Å²) in [6.07, 6.45) is 1.76. The molecule has 0 aromatic carbocycles. The molecule has 21 heavy (non-hydrogen) atoms. The minimum absolute atomic E-state index is 0.124. The van der Waals surface area contributed by atoms with E-state index < -0.39 is 5.91 Å². The van der Waals surface area contributed by atoms with Crippen LogP contribution in [0.3, 0.4) is 0 Å². The van der Waals surface area contributed by atoms with Crippen molar-refractivity contribution in [1.29, 1.82) is 0 Å². The third-order valence-electron chi connectivity index (χ3n) is 3.31. The van der Waals surface area contributed by atoms with Gasteiger partial charge < -0.3 is 5.73 Å². The van der Waals surface area contributed by atoms with Crippen LogP contribution < -0.4 is 11.3 Å². The molecule has 2 aromatic heterocycles. The normalized spacial score (nSPS) is 11.5. The van der Waals surface area contributed by atoms with Crippen LogP contribution in [0.2, 0.25) is 0 Å². The predicted octanol–water partition coefficient (Wildman–Crippen LogP) is 0.699. The first-order valence-corrected chi connectivity index (χ1v) is 6.88. The third kappa shape index (κ3) is 3.66. The molecule has 0 aliphatic heterocycles. The Kier molecular flexibility index (Phi) is 4.37. The number of aromatic nitrogens is 2. The average Bonchev–Trinajstić information content (AvgIpc) is 2.38. The van der Waals surface area contributed by atoms with Gasteiger partial charge in [0.05, 0.1) is 12.2 Å². The molecule has 6 nitrogen and oxygen atoms in total. The molecule has 112 valence electrons. The van der Waals surface area contributed by atoms with E-state index >= 15 is 0 Å². The van der Waals surface area contributed by atoms with E-state index in [1.165, 1.54) is 10.5 Å². The Bertz CT molecular complexity index is 721. The van der Waals surface area contributed by atoms with Gasteiger partial charge in [-0.1, -0.05) is 6.07 Å². The summed E-state index contributed by atoms with van der Waals surface area (Å²) in [6.45, 7) is 6.43. The van der Waals surface area contributed by atoms with Crippen molar-refractivity contribution in [2.24, 2.45) is 5.73 Å². The largest absolute Gasteiger partial charge is 0.369 e. The zero-order valence-electron chi connectivity index (χ0n) is 12.5. The molecule has 0 unspecified atom stereocenters. The van der Waals surface area contributed by atoms with Crippen molar-refractivity contribution in [1.82, 2.24) is 14.3 Å². The van der Waals surface area contributed by atoms with Crippen LogP contribution in [0.1, 0.15) is 25.1 Å². The lowest BCUT2D eigenvalue weighted by Crippen LogP contribution is -2.38. The van der Waals surface area contributed by atoms with Crippen molar-refractivity contribution in [3.8, 4) is 0 Å². The molecule has 2 aromatic rings. The summed E-state index contributed by atoms with van der Waals surface area (Å²) in [5.74, 6) is -0.392. The van der Waals surface area contributed by atoms with E-state index in [2.05, 4.69) is 4.98 Å². The number of nitrogens with zero attached hydrogens (tertiary/aromatic N) is 3. The summed E-state index contributed by atoms with van der Waals surface area (Å²) in [4.78, 5) is 29.6. The molecule has 0 saturated heterocycles. The lowest BCUT2D eigenvalue weighted by atomic mass is 10.2. The number of carbonyl (C=O) groups is 1. The number of amides is 1. The van der Waals surface area contributed by atoms with Gasteiger partial charge in [0.1, 0.15) is 5.65 Å². The van der Waals surface area contributed by atoms with E-state index in [0.29, 0.717) is 17.9 Å². The highest BCUT2D eigenvalue weighted by Crippen LogP contribution is 2.07. The second-order valence-corrected chi connectivity index (χ2v) is 5.49. The highest BCUT2D eigenvalue weighted by molar-refractivity contribution is 5.75. The summed E-state index contributed by atoms with van der Waals surface area (Å²) in [5, 5.41) is 0. The molecule has 0 bridgehead atoms. The van der Waals surface area contributed by atoms with Gasteiger partial charge in [0.25, 0.3) is 5.56 Å². The van der Waals surface area contributed by atoms with Gasteiger partial charge in [0.15, 0.2) is 0 Å². The van der Waals surface area contributed by atoms with E-state index in [1.807, 2.05) is 37.8 Å². The SMILES string of the molecule is Cc1ccc2nc(CN(CC(N)=O)C(C)C)cc(=O)n2c1. The molecule has 0 spiro atoms. The smallest absolute Gasteiger partial charge is 0.258 e. The van der Waals surface area contributed by atoms with Crippen LogP contribution in [0.15, 0.2) is 29.2 Å². The predicted molar refractivity (Wildman–Crippen MR) is 80.9 cm³/mol. The van der Waals surface area contributed by atoms with Crippen molar-refractivity contribution in [3.63, 3.8) is 0 Å². The molecule has 0 aliphatic carbocycles. The molecule has 1 amide bonds. The van der Waals surface area contributed by atoms with Gasteiger partial charge in [-0.2, -0.15) is 0 Å². The number of pyridine rings is 1. The molecule has 2 rings (SSSR count). The lowest BCUT2D eigenvalue weighted by Gasteiger charge is -2.24. The van der Waals surface area contributed by atoms with Crippen LogP contribution in [0.25, 0.3) is 5.65 Å². The van der Waals surface area contributed by atoms with Gasteiger partial charge in [0, 0.05) is 24.8 Å². The molecule has 0 fully saturated rings. The van der Waals surface area contributed by atoms with Crippen LogP contribution in [-0.2, 0) is 11.3 Å². The topological polar surface area (TPSA) is 80.7 Å². The number of fused-ring (bicyclic) bond motifs is 1. The summed E-state index contributed by atoms with van der Waals surface area (Å²) in [6, 6.07) is 5.36.